The molecule has 0 aliphatic carbocycles. The van der Waals surface area contributed by atoms with Crippen molar-refractivity contribution in [3.63, 3.8) is 0 Å². The van der Waals surface area contributed by atoms with Crippen molar-refractivity contribution in [1.82, 2.24) is 20.1 Å². The van der Waals surface area contributed by atoms with Crippen LogP contribution in [0.2, 0.25) is 0 Å². The second-order valence-corrected chi connectivity index (χ2v) is 6.16. The van der Waals surface area contributed by atoms with Crippen LogP contribution in [0.15, 0.2) is 22.8 Å². The second kappa shape index (κ2) is 7.42. The summed E-state index contributed by atoms with van der Waals surface area (Å²) >= 11 is 0. The number of aromatic nitrogens is 1. The Kier molecular flexibility index (Phi) is 5.06. The van der Waals surface area contributed by atoms with E-state index in [9.17, 15) is 14.4 Å². The first kappa shape index (κ1) is 17.1. The quantitative estimate of drug-likeness (QED) is 0.830. The fraction of sp³-hybridized carbons (Fsp3) is 0.471. The third kappa shape index (κ3) is 3.84. The van der Waals surface area contributed by atoms with E-state index in [1.807, 2.05) is 0 Å². The number of amides is 3. The van der Waals surface area contributed by atoms with E-state index in [0.29, 0.717) is 11.3 Å². The number of rotatable bonds is 5. The maximum atomic E-state index is 12.2. The minimum atomic E-state index is -0.392. The third-order valence-electron chi connectivity index (χ3n) is 4.45. The predicted octanol–water partition coefficient (Wildman–Crippen LogP) is 0.630. The van der Waals surface area contributed by atoms with E-state index in [4.69, 9.17) is 4.42 Å². The van der Waals surface area contributed by atoms with E-state index >= 15 is 0 Å². The highest BCUT2D eigenvalue weighted by Crippen LogP contribution is 2.19. The van der Waals surface area contributed by atoms with Gasteiger partial charge in [-0.05, 0) is 19.3 Å². The van der Waals surface area contributed by atoms with Crippen LogP contribution in [0.3, 0.4) is 0 Å². The molecule has 25 heavy (non-hydrogen) atoms. The Hall–Kier alpha value is -2.77. The van der Waals surface area contributed by atoms with E-state index in [0.717, 1.165) is 37.9 Å². The molecule has 8 nitrogen and oxygen atoms in total. The van der Waals surface area contributed by atoms with E-state index < -0.39 is 5.91 Å². The van der Waals surface area contributed by atoms with Crippen molar-refractivity contribution in [1.29, 1.82) is 0 Å². The van der Waals surface area contributed by atoms with Crippen molar-refractivity contribution in [3.05, 3.63) is 24.1 Å². The van der Waals surface area contributed by atoms with Crippen LogP contribution in [-0.4, -0.2) is 53.4 Å². The molecule has 0 unspecified atom stereocenters. The van der Waals surface area contributed by atoms with Crippen LogP contribution in [0.5, 0.6) is 0 Å². The van der Waals surface area contributed by atoms with Gasteiger partial charge in [0.05, 0.1) is 24.9 Å². The number of carbonyl (C=O) groups excluding carboxylic acids is 3. The van der Waals surface area contributed by atoms with Gasteiger partial charge in [0.2, 0.25) is 11.8 Å². The normalized spacial score (nSPS) is 14.5. The van der Waals surface area contributed by atoms with Gasteiger partial charge in [0, 0.05) is 32.3 Å². The standard InChI is InChI=1S/C17H22N4O4/c1-20-12-5-8-25-14(12)9-13(20)17(24)19-10-15(22)18-11-16(23)21-6-3-2-4-7-21/h5,8-9H,2-4,6-7,10-11H2,1H3,(H,18,22)(H,19,24). The highest BCUT2D eigenvalue weighted by molar-refractivity contribution is 5.99. The number of likely N-dealkylation sites (tertiary alicyclic amines) is 1. The van der Waals surface area contributed by atoms with Crippen LogP contribution in [0.1, 0.15) is 29.8 Å². The van der Waals surface area contributed by atoms with Crippen LogP contribution in [-0.2, 0) is 16.6 Å². The molecule has 2 N–H and O–H groups in total. The first-order valence-electron chi connectivity index (χ1n) is 8.42. The summed E-state index contributed by atoms with van der Waals surface area (Å²) in [5, 5.41) is 5.11. The lowest BCUT2D eigenvalue weighted by Crippen LogP contribution is -2.45. The SMILES string of the molecule is Cn1c(C(=O)NCC(=O)NCC(=O)N2CCCCC2)cc2occc21. The zero-order chi connectivity index (χ0) is 17.8. The van der Waals surface area contributed by atoms with Crippen LogP contribution in [0.25, 0.3) is 11.1 Å². The molecule has 0 spiro atoms. The van der Waals surface area contributed by atoms with Crippen molar-refractivity contribution in [2.75, 3.05) is 26.2 Å². The van der Waals surface area contributed by atoms with Crippen LogP contribution < -0.4 is 10.6 Å². The summed E-state index contributed by atoms with van der Waals surface area (Å²) in [5.74, 6) is -0.842. The number of nitrogens with zero attached hydrogens (tertiary/aromatic N) is 2. The van der Waals surface area contributed by atoms with Gasteiger partial charge in [-0.1, -0.05) is 0 Å². The number of piperidine rings is 1. The Balaban J connectivity index is 1.45. The van der Waals surface area contributed by atoms with Gasteiger partial charge >= 0.3 is 0 Å². The van der Waals surface area contributed by atoms with Crippen molar-refractivity contribution >= 4 is 28.8 Å². The van der Waals surface area contributed by atoms with E-state index in [1.165, 1.54) is 0 Å². The van der Waals surface area contributed by atoms with Gasteiger partial charge in [-0.25, -0.2) is 0 Å². The molecule has 0 aromatic carbocycles. The number of furan rings is 1. The molecule has 1 aliphatic heterocycles. The maximum absolute atomic E-state index is 12.2. The maximum Gasteiger partial charge on any atom is 0.268 e. The predicted molar refractivity (Wildman–Crippen MR) is 91.0 cm³/mol. The smallest absolute Gasteiger partial charge is 0.268 e. The zero-order valence-electron chi connectivity index (χ0n) is 14.2. The lowest BCUT2D eigenvalue weighted by atomic mass is 10.1. The van der Waals surface area contributed by atoms with E-state index in [-0.39, 0.29) is 24.9 Å². The average molecular weight is 346 g/mol. The number of fused-ring (bicyclic) bond motifs is 1. The van der Waals surface area contributed by atoms with Gasteiger partial charge in [-0.15, -0.1) is 0 Å². The Labute approximate surface area is 145 Å². The first-order valence-corrected chi connectivity index (χ1v) is 8.42. The summed E-state index contributed by atoms with van der Waals surface area (Å²) < 4.78 is 6.96. The summed E-state index contributed by atoms with van der Waals surface area (Å²) in [7, 11) is 1.75. The van der Waals surface area contributed by atoms with Gasteiger partial charge < -0.3 is 24.5 Å². The first-order chi connectivity index (χ1) is 12.1. The fourth-order valence-corrected chi connectivity index (χ4v) is 3.01. The number of aryl methyl sites for hydroxylation is 1. The number of hydrogen-bond acceptors (Lipinski definition) is 4. The molecule has 1 aliphatic rings. The van der Waals surface area contributed by atoms with Crippen molar-refractivity contribution in [2.45, 2.75) is 19.3 Å². The molecule has 0 atom stereocenters. The Morgan fingerprint density at radius 3 is 2.60 bits per heavy atom. The molecule has 3 rings (SSSR count). The molecule has 2 aromatic rings. The molecule has 2 aromatic heterocycles. The van der Waals surface area contributed by atoms with Crippen LogP contribution >= 0.6 is 0 Å². The number of nitrogens with one attached hydrogen (secondary N) is 2. The monoisotopic (exact) mass is 346 g/mol. The lowest BCUT2D eigenvalue weighted by molar-refractivity contribution is -0.133. The van der Waals surface area contributed by atoms with Gasteiger partial charge in [-0.2, -0.15) is 0 Å². The van der Waals surface area contributed by atoms with Crippen molar-refractivity contribution in [2.24, 2.45) is 7.05 Å². The van der Waals surface area contributed by atoms with Crippen LogP contribution in [0.4, 0.5) is 0 Å². The molecule has 1 fully saturated rings. The second-order valence-electron chi connectivity index (χ2n) is 6.16. The molecule has 3 amide bonds. The number of carbonyl (C=O) groups is 3. The highest BCUT2D eigenvalue weighted by atomic mass is 16.3. The summed E-state index contributed by atoms with van der Waals surface area (Å²) in [6.45, 7) is 1.28. The summed E-state index contributed by atoms with van der Waals surface area (Å²) in [6.07, 6.45) is 4.72. The molecule has 0 saturated carbocycles. The molecule has 8 heteroatoms. The zero-order valence-corrected chi connectivity index (χ0v) is 14.2. The summed E-state index contributed by atoms with van der Waals surface area (Å²) in [5.41, 5.74) is 1.83. The Bertz CT molecular complexity index is 786. The van der Waals surface area contributed by atoms with Crippen molar-refractivity contribution in [3.8, 4) is 0 Å². The lowest BCUT2D eigenvalue weighted by Gasteiger charge is -2.26. The fourth-order valence-electron chi connectivity index (χ4n) is 3.01. The third-order valence-corrected chi connectivity index (χ3v) is 4.45. The Morgan fingerprint density at radius 2 is 1.88 bits per heavy atom. The highest BCUT2D eigenvalue weighted by Gasteiger charge is 2.18. The van der Waals surface area contributed by atoms with Crippen LogP contribution in [0, 0.1) is 0 Å². The molecular formula is C17H22N4O4. The summed E-state index contributed by atoms with van der Waals surface area (Å²) in [6, 6.07) is 3.40. The van der Waals surface area contributed by atoms with Gasteiger partial charge in [0.15, 0.2) is 5.58 Å². The molecular weight excluding hydrogens is 324 g/mol. The summed E-state index contributed by atoms with van der Waals surface area (Å²) in [4.78, 5) is 37.8. The molecule has 1 saturated heterocycles. The minimum Gasteiger partial charge on any atom is -0.463 e. The molecule has 3 heterocycles. The molecule has 134 valence electrons. The van der Waals surface area contributed by atoms with E-state index in [1.54, 1.807) is 34.9 Å². The largest absolute Gasteiger partial charge is 0.463 e. The van der Waals surface area contributed by atoms with Gasteiger partial charge in [-0.3, -0.25) is 14.4 Å². The molecule has 0 bridgehead atoms. The van der Waals surface area contributed by atoms with E-state index in [2.05, 4.69) is 10.6 Å². The van der Waals surface area contributed by atoms with Gasteiger partial charge in [0.1, 0.15) is 5.69 Å². The van der Waals surface area contributed by atoms with Gasteiger partial charge in [0.25, 0.3) is 5.91 Å². The minimum absolute atomic E-state index is 0.0359. The molecule has 0 radical (unpaired) electrons. The Morgan fingerprint density at radius 1 is 1.12 bits per heavy atom. The average Bonchev–Trinajstić information content (AvgIpc) is 3.21. The van der Waals surface area contributed by atoms with Crippen molar-refractivity contribution < 1.29 is 18.8 Å². The topological polar surface area (TPSA) is 96.6 Å². The number of hydrogen-bond donors (Lipinski definition) is 2.